The molecule has 0 atom stereocenters. The topological polar surface area (TPSA) is 69.7 Å². The molecule has 0 aliphatic carbocycles. The van der Waals surface area contributed by atoms with Gasteiger partial charge in [0.25, 0.3) is 0 Å². The number of rotatable bonds is 5. The lowest BCUT2D eigenvalue weighted by molar-refractivity contribution is -0.0500. The molecule has 0 radical (unpaired) electrons. The maximum absolute atomic E-state index is 12.3. The predicted molar refractivity (Wildman–Crippen MR) is 67.4 cm³/mol. The van der Waals surface area contributed by atoms with Gasteiger partial charge in [0, 0.05) is 0 Å². The summed E-state index contributed by atoms with van der Waals surface area (Å²) in [5.41, 5.74) is -5.25. The van der Waals surface area contributed by atoms with Crippen LogP contribution in [-0.2, 0) is 21.3 Å². The van der Waals surface area contributed by atoms with Crippen molar-refractivity contribution in [3.8, 4) is 5.75 Å². The van der Waals surface area contributed by atoms with Crippen LogP contribution < -0.4 is 4.18 Å². The Morgan fingerprint density at radius 1 is 1.29 bits per heavy atom. The van der Waals surface area contributed by atoms with Gasteiger partial charge < -0.3 is 8.92 Å². The third kappa shape index (κ3) is 4.10. The lowest BCUT2D eigenvalue weighted by Crippen LogP contribution is -2.28. The molecule has 0 unspecified atom stereocenters. The zero-order valence-corrected chi connectivity index (χ0v) is 12.0. The van der Waals surface area contributed by atoms with Crippen LogP contribution >= 0.6 is 0 Å². The van der Waals surface area contributed by atoms with E-state index in [-0.39, 0.29) is 17.5 Å². The first kappa shape index (κ1) is 17.3. The van der Waals surface area contributed by atoms with E-state index in [1.165, 1.54) is 6.07 Å². The average molecular weight is 326 g/mol. The molecular weight excluding hydrogens is 313 g/mol. The molecule has 5 nitrogen and oxygen atoms in total. The lowest BCUT2D eigenvalue weighted by Gasteiger charge is -2.13. The Morgan fingerprint density at radius 3 is 2.38 bits per heavy atom. The minimum Gasteiger partial charge on any atom is -0.465 e. The third-order valence-corrected chi connectivity index (χ3v) is 3.45. The van der Waals surface area contributed by atoms with Gasteiger partial charge in [-0.15, -0.1) is 0 Å². The van der Waals surface area contributed by atoms with Crippen molar-refractivity contribution in [2.45, 2.75) is 25.3 Å². The van der Waals surface area contributed by atoms with Gasteiger partial charge in [-0.2, -0.15) is 21.6 Å². The fraction of sp³-hybridized carbons (Fsp3) is 0.417. The van der Waals surface area contributed by atoms with Gasteiger partial charge in [-0.05, 0) is 30.2 Å². The summed E-state index contributed by atoms with van der Waals surface area (Å²) in [4.78, 5) is 11.4. The highest BCUT2D eigenvalue weighted by atomic mass is 32.2. The zero-order valence-electron chi connectivity index (χ0n) is 11.2. The van der Waals surface area contributed by atoms with Crippen molar-refractivity contribution in [1.82, 2.24) is 0 Å². The number of hydrogen-bond acceptors (Lipinski definition) is 5. The van der Waals surface area contributed by atoms with Crippen LogP contribution in [0.5, 0.6) is 5.75 Å². The van der Waals surface area contributed by atoms with Crippen LogP contribution in [0.1, 0.15) is 29.3 Å². The number of carbonyl (C=O) groups excluding carboxylic acids is 1. The van der Waals surface area contributed by atoms with E-state index in [0.717, 1.165) is 19.2 Å². The van der Waals surface area contributed by atoms with E-state index >= 15 is 0 Å². The van der Waals surface area contributed by atoms with Crippen LogP contribution in [0.3, 0.4) is 0 Å². The van der Waals surface area contributed by atoms with Crippen molar-refractivity contribution in [3.63, 3.8) is 0 Å². The van der Waals surface area contributed by atoms with E-state index < -0.39 is 27.3 Å². The summed E-state index contributed by atoms with van der Waals surface area (Å²) in [5.74, 6) is -1.14. The van der Waals surface area contributed by atoms with Gasteiger partial charge in [0.05, 0.1) is 12.7 Å². The SMILES string of the molecule is CCCc1cc(C(=O)OC)ccc1OS(=O)(=O)C(F)(F)F. The Labute approximate surface area is 119 Å². The fourth-order valence-electron chi connectivity index (χ4n) is 1.54. The first-order valence-electron chi connectivity index (χ1n) is 5.84. The van der Waals surface area contributed by atoms with Crippen molar-refractivity contribution in [3.05, 3.63) is 29.3 Å². The van der Waals surface area contributed by atoms with Gasteiger partial charge in [0.2, 0.25) is 0 Å². The molecule has 0 aromatic heterocycles. The summed E-state index contributed by atoms with van der Waals surface area (Å²) < 4.78 is 67.6. The zero-order chi connectivity index (χ0) is 16.3. The van der Waals surface area contributed by atoms with Gasteiger partial charge in [-0.3, -0.25) is 0 Å². The smallest absolute Gasteiger partial charge is 0.465 e. The third-order valence-electron chi connectivity index (χ3n) is 2.48. The molecule has 118 valence electrons. The van der Waals surface area contributed by atoms with E-state index in [4.69, 9.17) is 0 Å². The number of halogens is 3. The second kappa shape index (κ2) is 6.33. The highest BCUT2D eigenvalue weighted by Gasteiger charge is 2.48. The summed E-state index contributed by atoms with van der Waals surface area (Å²) in [5, 5.41) is 0. The molecule has 0 spiro atoms. The molecule has 1 aromatic rings. The van der Waals surface area contributed by atoms with Crippen LogP contribution in [0.4, 0.5) is 13.2 Å². The van der Waals surface area contributed by atoms with E-state index in [0.29, 0.717) is 6.42 Å². The number of benzene rings is 1. The number of alkyl halides is 3. The Bertz CT molecular complexity index is 622. The van der Waals surface area contributed by atoms with Crippen LogP contribution in [0.15, 0.2) is 18.2 Å². The Balaban J connectivity index is 3.22. The maximum atomic E-state index is 12.3. The summed E-state index contributed by atoms with van der Waals surface area (Å²) in [6.45, 7) is 1.74. The molecule has 0 heterocycles. The first-order valence-corrected chi connectivity index (χ1v) is 7.25. The first-order chi connectivity index (χ1) is 9.62. The number of carbonyl (C=O) groups is 1. The predicted octanol–water partition coefficient (Wildman–Crippen LogP) is 2.65. The fourth-order valence-corrected chi connectivity index (χ4v) is 2.03. The normalized spacial score (nSPS) is 12.0. The molecule has 0 saturated heterocycles. The largest absolute Gasteiger partial charge is 0.534 e. The number of methoxy groups -OCH3 is 1. The molecule has 0 bridgehead atoms. The Kier molecular flexibility index (Phi) is 5.21. The monoisotopic (exact) mass is 326 g/mol. The molecular formula is C12H13F3O5S. The standard InChI is InChI=1S/C12H13F3O5S/c1-3-4-8-7-9(11(16)19-2)5-6-10(8)20-21(17,18)12(13,14)15/h5-7H,3-4H2,1-2H3. The molecule has 0 N–H and O–H groups in total. The molecule has 0 amide bonds. The van der Waals surface area contributed by atoms with Gasteiger partial charge in [-0.25, -0.2) is 4.79 Å². The lowest BCUT2D eigenvalue weighted by atomic mass is 10.1. The average Bonchev–Trinajstić information content (AvgIpc) is 2.38. The second-order valence-corrected chi connectivity index (χ2v) is 5.59. The van der Waals surface area contributed by atoms with Crippen molar-refractivity contribution >= 4 is 16.1 Å². The van der Waals surface area contributed by atoms with E-state index in [1.807, 2.05) is 0 Å². The highest BCUT2D eigenvalue weighted by molar-refractivity contribution is 7.88. The second-order valence-electron chi connectivity index (χ2n) is 4.05. The van der Waals surface area contributed by atoms with Crippen molar-refractivity contribution in [2.24, 2.45) is 0 Å². The minimum atomic E-state index is -5.75. The van der Waals surface area contributed by atoms with Crippen LogP contribution in [0, 0.1) is 0 Å². The molecule has 0 aliphatic rings. The number of aryl methyl sites for hydroxylation is 1. The van der Waals surface area contributed by atoms with Crippen molar-refractivity contribution in [1.29, 1.82) is 0 Å². The summed E-state index contributed by atoms with van der Waals surface area (Å²) in [6.07, 6.45) is 0.764. The maximum Gasteiger partial charge on any atom is 0.534 e. The number of hydrogen-bond donors (Lipinski definition) is 0. The number of ether oxygens (including phenoxy) is 1. The van der Waals surface area contributed by atoms with Crippen LogP contribution in [0.2, 0.25) is 0 Å². The molecule has 0 fully saturated rings. The van der Waals surface area contributed by atoms with Crippen molar-refractivity contribution in [2.75, 3.05) is 7.11 Å². The molecule has 0 aliphatic heterocycles. The molecule has 9 heteroatoms. The van der Waals surface area contributed by atoms with Gasteiger partial charge >= 0.3 is 21.6 Å². The molecule has 21 heavy (non-hydrogen) atoms. The van der Waals surface area contributed by atoms with Gasteiger partial charge in [0.15, 0.2) is 0 Å². The quantitative estimate of drug-likeness (QED) is 0.473. The molecule has 1 aromatic carbocycles. The molecule has 0 saturated carbocycles. The van der Waals surface area contributed by atoms with Crippen molar-refractivity contribution < 1.29 is 35.3 Å². The van der Waals surface area contributed by atoms with Crippen LogP contribution in [0.25, 0.3) is 0 Å². The van der Waals surface area contributed by atoms with E-state index in [1.54, 1.807) is 6.92 Å². The Hall–Kier alpha value is -1.77. The molecule has 1 rings (SSSR count). The van der Waals surface area contributed by atoms with Gasteiger partial charge in [0.1, 0.15) is 5.75 Å². The summed E-state index contributed by atoms with van der Waals surface area (Å²) in [6, 6.07) is 3.38. The van der Waals surface area contributed by atoms with E-state index in [2.05, 4.69) is 8.92 Å². The number of esters is 1. The minimum absolute atomic E-state index is 0.0951. The van der Waals surface area contributed by atoms with E-state index in [9.17, 15) is 26.4 Å². The summed E-state index contributed by atoms with van der Waals surface area (Å²) in [7, 11) is -4.59. The highest BCUT2D eigenvalue weighted by Crippen LogP contribution is 2.30. The van der Waals surface area contributed by atoms with Crippen LogP contribution in [-0.4, -0.2) is 27.0 Å². The summed E-state index contributed by atoms with van der Waals surface area (Å²) >= 11 is 0. The Morgan fingerprint density at radius 2 is 1.90 bits per heavy atom. The van der Waals surface area contributed by atoms with Gasteiger partial charge in [-0.1, -0.05) is 13.3 Å².